The van der Waals surface area contributed by atoms with E-state index in [-0.39, 0.29) is 24.5 Å². The molecule has 0 aromatic heterocycles. The van der Waals surface area contributed by atoms with Crippen molar-refractivity contribution < 1.29 is 9.59 Å². The van der Waals surface area contributed by atoms with Crippen LogP contribution in [0.1, 0.15) is 56.9 Å². The van der Waals surface area contributed by atoms with Crippen LogP contribution in [0.3, 0.4) is 0 Å². The number of amides is 3. The average molecular weight is 399 g/mol. The molecule has 1 aromatic carbocycles. The van der Waals surface area contributed by atoms with Crippen LogP contribution in [0, 0.1) is 0 Å². The number of hydrogen-bond donors (Lipinski definition) is 2. The quantitative estimate of drug-likeness (QED) is 0.819. The monoisotopic (exact) mass is 398 g/mol. The summed E-state index contributed by atoms with van der Waals surface area (Å²) >= 11 is 0. The highest BCUT2D eigenvalue weighted by atomic mass is 16.2. The molecule has 2 fully saturated rings. The first-order chi connectivity index (χ1) is 14.2. The summed E-state index contributed by atoms with van der Waals surface area (Å²) in [6.45, 7) is 2.85. The molecule has 1 saturated carbocycles. The van der Waals surface area contributed by atoms with E-state index in [1.807, 2.05) is 23.1 Å². The number of carbonyl (C=O) groups is 2. The molecule has 1 aromatic rings. The number of nitrogens with one attached hydrogen (secondary N) is 2. The van der Waals surface area contributed by atoms with Crippen molar-refractivity contribution in [2.75, 3.05) is 31.1 Å². The normalized spacial score (nSPS) is 23.3. The Morgan fingerprint density at radius 1 is 0.966 bits per heavy atom. The maximum Gasteiger partial charge on any atom is 0.315 e. The lowest BCUT2D eigenvalue weighted by atomic mass is 9.92. The van der Waals surface area contributed by atoms with Gasteiger partial charge in [-0.25, -0.2) is 4.79 Å². The lowest BCUT2D eigenvalue weighted by Crippen LogP contribution is -2.54. The number of nitrogens with zero attached hydrogens (tertiary/aromatic N) is 2. The maximum atomic E-state index is 12.7. The van der Waals surface area contributed by atoms with Gasteiger partial charge < -0.3 is 15.5 Å². The zero-order valence-corrected chi connectivity index (χ0v) is 17.4. The van der Waals surface area contributed by atoms with Crippen LogP contribution in [0.15, 0.2) is 24.3 Å². The van der Waals surface area contributed by atoms with Crippen LogP contribution < -0.4 is 15.5 Å². The molecule has 6 nitrogen and oxygen atoms in total. The third-order valence-electron chi connectivity index (χ3n) is 6.69. The molecule has 1 aliphatic carbocycles. The number of hydrogen-bond acceptors (Lipinski definition) is 3. The summed E-state index contributed by atoms with van der Waals surface area (Å²) in [5.74, 6) is -0.0419. The van der Waals surface area contributed by atoms with Crippen LogP contribution >= 0.6 is 0 Å². The Kier molecular flexibility index (Phi) is 6.70. The van der Waals surface area contributed by atoms with E-state index < -0.39 is 0 Å². The van der Waals surface area contributed by atoms with Gasteiger partial charge in [-0.15, -0.1) is 0 Å². The van der Waals surface area contributed by atoms with E-state index in [0.29, 0.717) is 6.04 Å². The van der Waals surface area contributed by atoms with Gasteiger partial charge in [0.05, 0.1) is 6.54 Å². The van der Waals surface area contributed by atoms with Gasteiger partial charge in [0, 0.05) is 30.9 Å². The fourth-order valence-corrected chi connectivity index (χ4v) is 5.18. The first-order valence-corrected chi connectivity index (χ1v) is 11.4. The maximum absolute atomic E-state index is 12.7. The lowest BCUT2D eigenvalue weighted by molar-refractivity contribution is -0.117. The predicted molar refractivity (Wildman–Crippen MR) is 115 cm³/mol. The van der Waals surface area contributed by atoms with E-state index in [0.717, 1.165) is 51.0 Å². The molecule has 29 heavy (non-hydrogen) atoms. The molecule has 0 spiro atoms. The zero-order chi connectivity index (χ0) is 20.1. The van der Waals surface area contributed by atoms with Crippen LogP contribution in [0.25, 0.3) is 0 Å². The third-order valence-corrected chi connectivity index (χ3v) is 6.69. The Labute approximate surface area is 174 Å². The number of piperidine rings is 1. The molecule has 1 unspecified atom stereocenters. The Balaban J connectivity index is 1.24. The van der Waals surface area contributed by atoms with Crippen molar-refractivity contribution in [3.8, 4) is 0 Å². The van der Waals surface area contributed by atoms with Crippen molar-refractivity contribution in [1.29, 1.82) is 0 Å². The van der Waals surface area contributed by atoms with Crippen molar-refractivity contribution in [2.24, 2.45) is 0 Å². The molecule has 2 N–H and O–H groups in total. The van der Waals surface area contributed by atoms with Crippen LogP contribution in [-0.2, 0) is 11.2 Å². The number of urea groups is 1. The fraction of sp³-hybridized carbons (Fsp3) is 0.652. The average Bonchev–Trinajstić information content (AvgIpc) is 2.78. The van der Waals surface area contributed by atoms with Gasteiger partial charge in [-0.2, -0.15) is 0 Å². The Bertz CT molecular complexity index is 717. The number of carbonyl (C=O) groups excluding carboxylic acids is 2. The summed E-state index contributed by atoms with van der Waals surface area (Å²) in [6.07, 6.45) is 10.7. The van der Waals surface area contributed by atoms with E-state index in [1.165, 1.54) is 37.7 Å². The molecular weight excluding hydrogens is 364 g/mol. The largest absolute Gasteiger partial charge is 0.334 e. The first-order valence-electron chi connectivity index (χ1n) is 11.4. The summed E-state index contributed by atoms with van der Waals surface area (Å²) in [5, 5.41) is 5.90. The van der Waals surface area contributed by atoms with Gasteiger partial charge in [0.1, 0.15) is 0 Å². The molecule has 2 heterocycles. The van der Waals surface area contributed by atoms with Crippen molar-refractivity contribution in [1.82, 2.24) is 15.5 Å². The molecule has 3 amide bonds. The molecule has 1 saturated heterocycles. The van der Waals surface area contributed by atoms with E-state index >= 15 is 0 Å². The Morgan fingerprint density at radius 2 is 1.79 bits per heavy atom. The summed E-state index contributed by atoms with van der Waals surface area (Å²) in [7, 11) is 0. The molecule has 0 radical (unpaired) electrons. The topological polar surface area (TPSA) is 64.7 Å². The number of fused-ring (bicyclic) bond motifs is 1. The SMILES string of the molecule is O=C(NCC(=O)N1CCCc2ccccc21)NC1CCCN(C2CCCCC2)C1. The molecule has 2 aliphatic heterocycles. The second-order valence-electron chi connectivity index (χ2n) is 8.73. The highest BCUT2D eigenvalue weighted by molar-refractivity contribution is 5.97. The molecule has 6 heteroatoms. The van der Waals surface area contributed by atoms with Crippen LogP contribution in [0.2, 0.25) is 0 Å². The fourth-order valence-electron chi connectivity index (χ4n) is 5.18. The van der Waals surface area contributed by atoms with Gasteiger partial charge in [-0.05, 0) is 56.7 Å². The highest BCUT2D eigenvalue weighted by Crippen LogP contribution is 2.27. The second kappa shape index (κ2) is 9.61. The summed E-state index contributed by atoms with van der Waals surface area (Å²) in [6, 6.07) is 8.70. The number of aryl methyl sites for hydroxylation is 1. The van der Waals surface area contributed by atoms with Gasteiger partial charge in [0.15, 0.2) is 0 Å². The molecule has 1 atom stereocenters. The summed E-state index contributed by atoms with van der Waals surface area (Å²) in [5.41, 5.74) is 2.20. The van der Waals surface area contributed by atoms with Crippen LogP contribution in [-0.4, -0.2) is 55.1 Å². The van der Waals surface area contributed by atoms with Gasteiger partial charge in [0.25, 0.3) is 0 Å². The molecule has 4 rings (SSSR count). The number of likely N-dealkylation sites (tertiary alicyclic amines) is 1. The second-order valence-corrected chi connectivity index (χ2v) is 8.73. The van der Waals surface area contributed by atoms with Crippen molar-refractivity contribution in [3.05, 3.63) is 29.8 Å². The van der Waals surface area contributed by atoms with E-state index in [4.69, 9.17) is 0 Å². The van der Waals surface area contributed by atoms with Gasteiger partial charge in [-0.1, -0.05) is 37.5 Å². The van der Waals surface area contributed by atoms with E-state index in [9.17, 15) is 9.59 Å². The van der Waals surface area contributed by atoms with E-state index in [1.54, 1.807) is 0 Å². The number of benzene rings is 1. The van der Waals surface area contributed by atoms with E-state index in [2.05, 4.69) is 21.6 Å². The molecule has 3 aliphatic rings. The Morgan fingerprint density at radius 3 is 2.66 bits per heavy atom. The van der Waals surface area contributed by atoms with Gasteiger partial charge in [-0.3, -0.25) is 9.69 Å². The lowest BCUT2D eigenvalue weighted by Gasteiger charge is -2.40. The summed E-state index contributed by atoms with van der Waals surface area (Å²) < 4.78 is 0. The van der Waals surface area contributed by atoms with Gasteiger partial charge in [0.2, 0.25) is 5.91 Å². The van der Waals surface area contributed by atoms with Crippen molar-refractivity contribution in [3.63, 3.8) is 0 Å². The van der Waals surface area contributed by atoms with Crippen molar-refractivity contribution >= 4 is 17.6 Å². The summed E-state index contributed by atoms with van der Waals surface area (Å²) in [4.78, 5) is 29.5. The number of para-hydroxylation sites is 1. The minimum atomic E-state index is -0.223. The minimum Gasteiger partial charge on any atom is -0.334 e. The molecular formula is C23H34N4O2. The smallest absolute Gasteiger partial charge is 0.315 e. The predicted octanol–water partition coefficient (Wildman–Crippen LogP) is 3.06. The zero-order valence-electron chi connectivity index (χ0n) is 17.4. The first kappa shape index (κ1) is 20.2. The molecule has 0 bridgehead atoms. The highest BCUT2D eigenvalue weighted by Gasteiger charge is 2.28. The standard InChI is InChI=1S/C23H34N4O2/c28-22(27-15-6-9-18-8-4-5-13-21(18)27)16-24-23(29)25-19-10-7-14-26(17-19)20-11-2-1-3-12-20/h4-5,8,13,19-20H,1-3,6-7,9-12,14-17H2,(H2,24,25,29). The number of rotatable bonds is 4. The van der Waals surface area contributed by atoms with Crippen LogP contribution in [0.4, 0.5) is 10.5 Å². The Hall–Kier alpha value is -2.08. The van der Waals surface area contributed by atoms with Crippen LogP contribution in [0.5, 0.6) is 0 Å². The van der Waals surface area contributed by atoms with Crippen molar-refractivity contribution in [2.45, 2.75) is 69.9 Å². The van der Waals surface area contributed by atoms with Gasteiger partial charge >= 0.3 is 6.03 Å². The number of anilines is 1. The molecule has 158 valence electrons. The third kappa shape index (κ3) is 5.10. The minimum absolute atomic E-state index is 0.0409.